The van der Waals surface area contributed by atoms with Crippen LogP contribution in [0.4, 0.5) is 17.1 Å². The molecule has 0 aliphatic carbocycles. The van der Waals surface area contributed by atoms with Gasteiger partial charge in [0.25, 0.3) is 0 Å². The highest BCUT2D eigenvalue weighted by Gasteiger charge is 2.23. The zero-order valence-electron chi connectivity index (χ0n) is 26.5. The molecule has 0 saturated heterocycles. The molecule has 0 unspecified atom stereocenters. The standard InChI is InChI=1S/C46H29NOS/c1-3-12-30(13-4-1)32-24-25-34-29-35(27-26-33(34)28-32)47(40-20-11-23-43-44(40)39-16-7-8-22-42(39)48-43)41-21-10-19-38-37-18-9-17-36(45(37)49-46(38)41)31-14-5-2-6-15-31/h1-29H. The van der Waals surface area contributed by atoms with Crippen LogP contribution in [0.3, 0.4) is 0 Å². The van der Waals surface area contributed by atoms with Crippen molar-refractivity contribution in [2.45, 2.75) is 0 Å². The van der Waals surface area contributed by atoms with Crippen molar-refractivity contribution in [1.29, 1.82) is 0 Å². The number of anilines is 3. The lowest BCUT2D eigenvalue weighted by molar-refractivity contribution is 0.669. The van der Waals surface area contributed by atoms with Crippen LogP contribution in [0.25, 0.3) is 75.1 Å². The van der Waals surface area contributed by atoms with E-state index in [-0.39, 0.29) is 0 Å². The van der Waals surface area contributed by atoms with E-state index in [4.69, 9.17) is 4.42 Å². The normalized spacial score (nSPS) is 11.7. The van der Waals surface area contributed by atoms with Crippen molar-refractivity contribution in [3.05, 3.63) is 176 Å². The summed E-state index contributed by atoms with van der Waals surface area (Å²) in [5, 5.41) is 7.17. The van der Waals surface area contributed by atoms with Gasteiger partial charge in [0.2, 0.25) is 0 Å². The van der Waals surface area contributed by atoms with Crippen molar-refractivity contribution < 1.29 is 4.42 Å². The van der Waals surface area contributed by atoms with Crippen LogP contribution in [0.15, 0.2) is 180 Å². The minimum Gasteiger partial charge on any atom is -0.456 e. The molecule has 10 rings (SSSR count). The summed E-state index contributed by atoms with van der Waals surface area (Å²) in [4.78, 5) is 2.44. The third-order valence-corrected chi connectivity index (χ3v) is 10.9. The predicted molar refractivity (Wildman–Crippen MR) is 210 cm³/mol. The maximum absolute atomic E-state index is 6.42. The van der Waals surface area contributed by atoms with Gasteiger partial charge in [-0.1, -0.05) is 133 Å². The van der Waals surface area contributed by atoms with Crippen LogP contribution in [0.1, 0.15) is 0 Å². The minimum absolute atomic E-state index is 0.881. The van der Waals surface area contributed by atoms with E-state index in [1.54, 1.807) is 0 Å². The fourth-order valence-corrected chi connectivity index (χ4v) is 8.70. The van der Waals surface area contributed by atoms with Gasteiger partial charge in [0.15, 0.2) is 0 Å². The fraction of sp³-hybridized carbons (Fsp3) is 0. The number of furan rings is 1. The van der Waals surface area contributed by atoms with E-state index >= 15 is 0 Å². The Labute approximate surface area is 287 Å². The molecule has 49 heavy (non-hydrogen) atoms. The molecular weight excluding hydrogens is 615 g/mol. The van der Waals surface area contributed by atoms with Gasteiger partial charge in [0, 0.05) is 26.5 Å². The van der Waals surface area contributed by atoms with Gasteiger partial charge in [0.05, 0.1) is 21.5 Å². The summed E-state index contributed by atoms with van der Waals surface area (Å²) in [5.41, 5.74) is 10.1. The second-order valence-electron chi connectivity index (χ2n) is 12.5. The van der Waals surface area contributed by atoms with Crippen LogP contribution in [-0.4, -0.2) is 0 Å². The first kappa shape index (κ1) is 27.9. The first-order valence-electron chi connectivity index (χ1n) is 16.6. The molecule has 0 fully saturated rings. The smallest absolute Gasteiger partial charge is 0.137 e. The summed E-state index contributed by atoms with van der Waals surface area (Å²) in [6, 6.07) is 63.1. The highest BCUT2D eigenvalue weighted by atomic mass is 32.1. The Hall–Kier alpha value is -6.16. The molecule has 0 aliphatic rings. The van der Waals surface area contributed by atoms with Crippen LogP contribution in [0, 0.1) is 0 Å². The zero-order chi connectivity index (χ0) is 32.3. The number of benzene rings is 8. The van der Waals surface area contributed by atoms with Crippen molar-refractivity contribution in [2.75, 3.05) is 4.90 Å². The summed E-state index contributed by atoms with van der Waals surface area (Å²) >= 11 is 1.88. The molecule has 0 spiro atoms. The fourth-order valence-electron chi connectivity index (χ4n) is 7.36. The summed E-state index contributed by atoms with van der Waals surface area (Å²) in [7, 11) is 0. The summed E-state index contributed by atoms with van der Waals surface area (Å²) < 4.78 is 8.97. The van der Waals surface area contributed by atoms with Crippen molar-refractivity contribution in [3.8, 4) is 22.3 Å². The molecule has 2 nitrogen and oxygen atoms in total. The van der Waals surface area contributed by atoms with Gasteiger partial charge < -0.3 is 9.32 Å². The van der Waals surface area contributed by atoms with Gasteiger partial charge >= 0.3 is 0 Å². The largest absolute Gasteiger partial charge is 0.456 e. The summed E-state index contributed by atoms with van der Waals surface area (Å²) in [6.45, 7) is 0. The monoisotopic (exact) mass is 643 g/mol. The number of para-hydroxylation sites is 1. The third-order valence-electron chi connectivity index (χ3n) is 9.64. The van der Waals surface area contributed by atoms with Gasteiger partial charge in [-0.2, -0.15) is 0 Å². The first-order chi connectivity index (χ1) is 24.3. The second-order valence-corrected chi connectivity index (χ2v) is 13.5. The highest BCUT2D eigenvalue weighted by molar-refractivity contribution is 7.27. The van der Waals surface area contributed by atoms with E-state index in [0.29, 0.717) is 0 Å². The highest BCUT2D eigenvalue weighted by Crippen LogP contribution is 2.49. The number of hydrogen-bond acceptors (Lipinski definition) is 3. The molecule has 230 valence electrons. The molecule has 10 aromatic rings. The maximum atomic E-state index is 6.42. The third kappa shape index (κ3) is 4.55. The quantitative estimate of drug-likeness (QED) is 0.186. The molecule has 0 bridgehead atoms. The average molecular weight is 644 g/mol. The molecule has 0 amide bonds. The van der Waals surface area contributed by atoms with Crippen molar-refractivity contribution in [2.24, 2.45) is 0 Å². The topological polar surface area (TPSA) is 16.4 Å². The summed E-state index contributed by atoms with van der Waals surface area (Å²) in [6.07, 6.45) is 0. The Morgan fingerprint density at radius 1 is 0.408 bits per heavy atom. The van der Waals surface area contributed by atoms with Crippen LogP contribution in [-0.2, 0) is 0 Å². The van der Waals surface area contributed by atoms with Gasteiger partial charge in [-0.3, -0.25) is 0 Å². The number of fused-ring (bicyclic) bond motifs is 7. The number of rotatable bonds is 5. The van der Waals surface area contributed by atoms with Crippen molar-refractivity contribution >= 4 is 81.3 Å². The van der Waals surface area contributed by atoms with E-state index in [9.17, 15) is 0 Å². The lowest BCUT2D eigenvalue weighted by Gasteiger charge is -2.27. The molecule has 0 atom stereocenters. The van der Waals surface area contributed by atoms with E-state index in [1.165, 1.54) is 53.2 Å². The van der Waals surface area contributed by atoms with Crippen molar-refractivity contribution in [3.63, 3.8) is 0 Å². The second kappa shape index (κ2) is 11.2. The molecular formula is C46H29NOS. The minimum atomic E-state index is 0.881. The Morgan fingerprint density at radius 2 is 1.04 bits per heavy atom. The molecule has 0 N–H and O–H groups in total. The molecule has 0 radical (unpaired) electrons. The van der Waals surface area contributed by atoms with E-state index in [0.717, 1.165) is 39.0 Å². The Balaban J connectivity index is 1.24. The number of thiophene rings is 1. The zero-order valence-corrected chi connectivity index (χ0v) is 27.3. The van der Waals surface area contributed by atoms with Gasteiger partial charge in [-0.05, 0) is 75.5 Å². The predicted octanol–water partition coefficient (Wildman–Crippen LogP) is 13.9. The van der Waals surface area contributed by atoms with Crippen molar-refractivity contribution in [1.82, 2.24) is 0 Å². The molecule has 3 heteroatoms. The average Bonchev–Trinajstić information content (AvgIpc) is 3.75. The van der Waals surface area contributed by atoms with Crippen LogP contribution < -0.4 is 4.90 Å². The van der Waals surface area contributed by atoms with Gasteiger partial charge in [-0.25, -0.2) is 0 Å². The first-order valence-corrected chi connectivity index (χ1v) is 17.4. The Kier molecular flexibility index (Phi) is 6.39. The van der Waals surface area contributed by atoms with Crippen LogP contribution in [0.2, 0.25) is 0 Å². The molecule has 2 heterocycles. The summed E-state index contributed by atoms with van der Waals surface area (Å²) in [5.74, 6) is 0. The lowest BCUT2D eigenvalue weighted by atomic mass is 10.00. The number of hydrogen-bond donors (Lipinski definition) is 0. The van der Waals surface area contributed by atoms with E-state index < -0.39 is 0 Å². The lowest BCUT2D eigenvalue weighted by Crippen LogP contribution is -2.10. The molecule has 2 aromatic heterocycles. The van der Waals surface area contributed by atoms with Gasteiger partial charge in [-0.15, -0.1) is 11.3 Å². The van der Waals surface area contributed by atoms with Gasteiger partial charge in [0.1, 0.15) is 11.2 Å². The molecule has 0 saturated carbocycles. The Morgan fingerprint density at radius 3 is 1.90 bits per heavy atom. The molecule has 8 aromatic carbocycles. The molecule has 0 aliphatic heterocycles. The SMILES string of the molecule is c1ccc(-c2ccc3cc(N(c4cccc5c4sc4c(-c6ccccc6)cccc45)c4cccc5oc6ccccc6c45)ccc3c2)cc1. The number of nitrogens with zero attached hydrogens (tertiary/aromatic N) is 1. The van der Waals surface area contributed by atoms with E-state index in [1.807, 2.05) is 17.4 Å². The van der Waals surface area contributed by atoms with E-state index in [2.05, 4.69) is 175 Å². The van der Waals surface area contributed by atoms with Crippen LogP contribution in [0.5, 0.6) is 0 Å². The van der Waals surface area contributed by atoms with Crippen LogP contribution >= 0.6 is 11.3 Å². The Bertz CT molecular complexity index is 2830. The maximum Gasteiger partial charge on any atom is 0.137 e.